The number of carboxylic acids is 1. The molecule has 2 aromatic carbocycles. The Bertz CT molecular complexity index is 942. The van der Waals surface area contributed by atoms with Crippen LogP contribution >= 0.6 is 0 Å². The Morgan fingerprint density at radius 1 is 1.11 bits per heavy atom. The maximum atomic E-state index is 12.1. The van der Waals surface area contributed by atoms with Crippen LogP contribution in [0.1, 0.15) is 21.5 Å². The third-order valence-corrected chi connectivity index (χ3v) is 4.77. The molecule has 0 spiro atoms. The lowest BCUT2D eigenvalue weighted by atomic mass is 10.1. The summed E-state index contributed by atoms with van der Waals surface area (Å²) in [7, 11) is -3.61. The van der Waals surface area contributed by atoms with Crippen LogP contribution in [0.5, 0.6) is 0 Å². The summed E-state index contributed by atoms with van der Waals surface area (Å²) in [5.74, 6) is -1.75. The molecule has 0 atom stereocenters. The molecular formula is C18H19N3O5S. The van der Waals surface area contributed by atoms with E-state index < -0.39 is 28.4 Å². The van der Waals surface area contributed by atoms with E-state index in [4.69, 9.17) is 5.11 Å². The molecule has 0 aliphatic heterocycles. The number of aromatic carboxylic acids is 1. The zero-order valence-corrected chi connectivity index (χ0v) is 15.4. The number of nitrogens with zero attached hydrogens (tertiary/aromatic N) is 2. The Balaban J connectivity index is 2.03. The molecule has 0 saturated carbocycles. The van der Waals surface area contributed by atoms with Crippen molar-refractivity contribution in [1.82, 2.24) is 9.73 Å². The second-order valence-electron chi connectivity index (χ2n) is 5.70. The average molecular weight is 389 g/mol. The topological polar surface area (TPSA) is 116 Å². The second kappa shape index (κ2) is 9.06. The van der Waals surface area contributed by atoms with Gasteiger partial charge in [-0.25, -0.2) is 18.6 Å². The summed E-state index contributed by atoms with van der Waals surface area (Å²) in [6, 6.07) is 15.1. The van der Waals surface area contributed by atoms with Gasteiger partial charge in [0.25, 0.3) is 5.91 Å². The highest BCUT2D eigenvalue weighted by Gasteiger charge is 2.20. The van der Waals surface area contributed by atoms with Crippen LogP contribution in [0.3, 0.4) is 0 Å². The van der Waals surface area contributed by atoms with Crippen LogP contribution in [0.4, 0.5) is 0 Å². The fourth-order valence-electron chi connectivity index (χ4n) is 2.25. The summed E-state index contributed by atoms with van der Waals surface area (Å²) in [6.45, 7) is -0.357. The molecule has 0 bridgehead atoms. The van der Waals surface area contributed by atoms with E-state index in [0.717, 1.165) is 16.1 Å². The summed E-state index contributed by atoms with van der Waals surface area (Å²) in [4.78, 5) is 23.2. The van der Waals surface area contributed by atoms with Crippen LogP contribution in [0.25, 0.3) is 0 Å². The predicted molar refractivity (Wildman–Crippen MR) is 101 cm³/mol. The van der Waals surface area contributed by atoms with Crippen molar-refractivity contribution in [3.05, 3.63) is 71.3 Å². The molecule has 142 valence electrons. The third kappa shape index (κ3) is 6.32. The van der Waals surface area contributed by atoms with Gasteiger partial charge in [0, 0.05) is 12.1 Å². The number of hydrazone groups is 1. The Kier molecular flexibility index (Phi) is 6.80. The second-order valence-corrected chi connectivity index (χ2v) is 7.68. The molecule has 0 radical (unpaired) electrons. The van der Waals surface area contributed by atoms with E-state index in [1.165, 1.54) is 18.3 Å². The number of benzene rings is 2. The molecule has 0 aliphatic rings. The van der Waals surface area contributed by atoms with Crippen molar-refractivity contribution in [2.75, 3.05) is 12.8 Å². The van der Waals surface area contributed by atoms with Gasteiger partial charge in [0.2, 0.25) is 10.0 Å². The summed E-state index contributed by atoms with van der Waals surface area (Å²) < 4.78 is 24.9. The highest BCUT2D eigenvalue weighted by atomic mass is 32.2. The predicted octanol–water partition coefficient (Wildman–Crippen LogP) is 1.30. The van der Waals surface area contributed by atoms with Gasteiger partial charge in [-0.2, -0.15) is 9.41 Å². The van der Waals surface area contributed by atoms with E-state index in [1.54, 1.807) is 36.4 Å². The summed E-state index contributed by atoms with van der Waals surface area (Å²) in [5.41, 5.74) is 3.32. The lowest BCUT2D eigenvalue weighted by Gasteiger charge is -2.18. The molecule has 0 fully saturated rings. The zero-order valence-electron chi connectivity index (χ0n) is 14.6. The first kappa shape index (κ1) is 20.3. The molecule has 8 nitrogen and oxygen atoms in total. The number of carboxylic acid groups (broad SMARTS) is 1. The number of carbonyl (C=O) groups is 2. The lowest BCUT2D eigenvalue weighted by molar-refractivity contribution is -0.121. The number of sulfonamides is 1. The molecule has 2 aromatic rings. The largest absolute Gasteiger partial charge is 0.478 e. The number of hydrogen-bond donors (Lipinski definition) is 2. The maximum Gasteiger partial charge on any atom is 0.336 e. The molecule has 1 amide bonds. The van der Waals surface area contributed by atoms with Gasteiger partial charge in [-0.15, -0.1) is 0 Å². The van der Waals surface area contributed by atoms with E-state index in [2.05, 4.69) is 10.5 Å². The van der Waals surface area contributed by atoms with Crippen molar-refractivity contribution in [1.29, 1.82) is 0 Å². The fourth-order valence-corrected chi connectivity index (χ4v) is 2.99. The van der Waals surface area contributed by atoms with Gasteiger partial charge in [-0.05, 0) is 11.6 Å². The number of rotatable bonds is 8. The molecule has 0 saturated heterocycles. The van der Waals surface area contributed by atoms with Gasteiger partial charge in [-0.3, -0.25) is 4.79 Å². The first-order valence-corrected chi connectivity index (χ1v) is 9.75. The highest BCUT2D eigenvalue weighted by Crippen LogP contribution is 2.08. The third-order valence-electron chi connectivity index (χ3n) is 3.57. The zero-order chi connectivity index (χ0) is 19.9. The van der Waals surface area contributed by atoms with Crippen molar-refractivity contribution in [2.45, 2.75) is 6.54 Å². The van der Waals surface area contributed by atoms with Gasteiger partial charge in [0.15, 0.2) is 0 Å². The van der Waals surface area contributed by atoms with Crippen molar-refractivity contribution >= 4 is 28.1 Å². The summed E-state index contributed by atoms with van der Waals surface area (Å²) in [5, 5.41) is 12.8. The van der Waals surface area contributed by atoms with Crippen molar-refractivity contribution in [3.8, 4) is 0 Å². The Morgan fingerprint density at radius 3 is 2.37 bits per heavy atom. The minimum absolute atomic E-state index is 0.0392. The van der Waals surface area contributed by atoms with Crippen molar-refractivity contribution in [3.63, 3.8) is 0 Å². The van der Waals surface area contributed by atoms with E-state index >= 15 is 0 Å². The molecule has 0 heterocycles. The van der Waals surface area contributed by atoms with Gasteiger partial charge >= 0.3 is 5.97 Å². The lowest BCUT2D eigenvalue weighted by Crippen LogP contribution is -2.38. The summed E-state index contributed by atoms with van der Waals surface area (Å²) in [6.07, 6.45) is 2.22. The first-order valence-electron chi connectivity index (χ1n) is 7.90. The van der Waals surface area contributed by atoms with Gasteiger partial charge in [-0.1, -0.05) is 48.5 Å². The van der Waals surface area contributed by atoms with E-state index in [0.29, 0.717) is 5.56 Å². The van der Waals surface area contributed by atoms with E-state index in [1.807, 2.05) is 6.07 Å². The van der Waals surface area contributed by atoms with Crippen LogP contribution < -0.4 is 5.43 Å². The summed E-state index contributed by atoms with van der Waals surface area (Å²) >= 11 is 0. The molecular weight excluding hydrogens is 370 g/mol. The Morgan fingerprint density at radius 2 is 1.74 bits per heavy atom. The van der Waals surface area contributed by atoms with Crippen LogP contribution in [0.15, 0.2) is 59.7 Å². The van der Waals surface area contributed by atoms with Gasteiger partial charge < -0.3 is 5.11 Å². The normalized spacial score (nSPS) is 11.6. The molecule has 2 rings (SSSR count). The van der Waals surface area contributed by atoms with Crippen LogP contribution in [-0.4, -0.2) is 48.7 Å². The Labute approximate surface area is 157 Å². The Hall–Kier alpha value is -3.04. The average Bonchev–Trinajstić information content (AvgIpc) is 2.61. The van der Waals surface area contributed by atoms with Crippen LogP contribution in [0, 0.1) is 0 Å². The quantitative estimate of drug-likeness (QED) is 0.521. The molecule has 2 N–H and O–H groups in total. The molecule has 0 unspecified atom stereocenters. The smallest absolute Gasteiger partial charge is 0.336 e. The van der Waals surface area contributed by atoms with Gasteiger partial charge in [0.1, 0.15) is 0 Å². The monoisotopic (exact) mass is 389 g/mol. The van der Waals surface area contributed by atoms with E-state index in [9.17, 15) is 18.0 Å². The standard InChI is InChI=1S/C18H19N3O5S/c1-27(25,26)21(12-14-7-3-2-4-8-14)13-17(22)20-19-11-15-9-5-6-10-16(15)18(23)24/h2-11H,12-13H2,1H3,(H,20,22)(H,23,24)/b19-11-. The number of hydrogen-bond acceptors (Lipinski definition) is 5. The van der Waals surface area contributed by atoms with Crippen LogP contribution in [-0.2, 0) is 21.4 Å². The van der Waals surface area contributed by atoms with Gasteiger partial charge in [0.05, 0.1) is 24.6 Å². The van der Waals surface area contributed by atoms with Crippen molar-refractivity contribution < 1.29 is 23.1 Å². The first-order chi connectivity index (χ1) is 12.8. The molecule has 27 heavy (non-hydrogen) atoms. The number of carbonyl (C=O) groups excluding carboxylic acids is 1. The number of nitrogens with one attached hydrogen (secondary N) is 1. The minimum atomic E-state index is -3.61. The SMILES string of the molecule is CS(=O)(=O)N(CC(=O)N/N=C\c1ccccc1C(=O)O)Cc1ccccc1. The maximum absolute atomic E-state index is 12.1. The van der Waals surface area contributed by atoms with Crippen LogP contribution in [0.2, 0.25) is 0 Å². The number of amides is 1. The molecule has 0 aliphatic carbocycles. The molecule has 0 aromatic heterocycles. The minimum Gasteiger partial charge on any atom is -0.478 e. The fraction of sp³-hybridized carbons (Fsp3) is 0.167. The van der Waals surface area contributed by atoms with E-state index in [-0.39, 0.29) is 12.1 Å². The highest BCUT2D eigenvalue weighted by molar-refractivity contribution is 7.88. The van der Waals surface area contributed by atoms with Crippen molar-refractivity contribution in [2.24, 2.45) is 5.10 Å². The molecule has 9 heteroatoms.